The van der Waals surface area contributed by atoms with Crippen LogP contribution in [0.2, 0.25) is 0 Å². The van der Waals surface area contributed by atoms with E-state index in [9.17, 15) is 4.79 Å². The van der Waals surface area contributed by atoms with Gasteiger partial charge in [0.2, 0.25) is 0 Å². The molecule has 1 heterocycles. The first-order valence-electron chi connectivity index (χ1n) is 9.67. The molecule has 0 aliphatic heterocycles. The molecule has 1 fully saturated rings. The zero-order chi connectivity index (χ0) is 18.1. The summed E-state index contributed by atoms with van der Waals surface area (Å²) in [4.78, 5) is 18.7. The summed E-state index contributed by atoms with van der Waals surface area (Å²) in [6.07, 6.45) is 8.43. The van der Waals surface area contributed by atoms with Gasteiger partial charge in [-0.05, 0) is 31.2 Å². The maximum absolute atomic E-state index is 13.6. The second-order valence-electron chi connectivity index (χ2n) is 7.50. The van der Waals surface area contributed by atoms with Crippen LogP contribution in [0.25, 0.3) is 11.3 Å². The first kappa shape index (κ1) is 17.6. The first-order valence-corrected chi connectivity index (χ1v) is 10.7. The van der Waals surface area contributed by atoms with E-state index in [1.165, 1.54) is 18.4 Å². The van der Waals surface area contributed by atoms with Crippen molar-refractivity contribution in [2.24, 2.45) is 0 Å². The zero-order valence-corrected chi connectivity index (χ0v) is 16.3. The minimum atomic E-state index is -0.00903. The van der Waals surface area contributed by atoms with Crippen molar-refractivity contribution in [2.45, 2.75) is 62.6 Å². The van der Waals surface area contributed by atoms with Crippen LogP contribution < -0.4 is 5.56 Å². The first-order chi connectivity index (χ1) is 12.7. The Morgan fingerprint density at radius 3 is 2.81 bits per heavy atom. The van der Waals surface area contributed by atoms with Crippen molar-refractivity contribution in [2.75, 3.05) is 5.75 Å². The minimum absolute atomic E-state index is 0.00903. The molecule has 0 bridgehead atoms. The highest BCUT2D eigenvalue weighted by molar-refractivity contribution is 7.99. The van der Waals surface area contributed by atoms with Gasteiger partial charge >= 0.3 is 0 Å². The highest BCUT2D eigenvalue weighted by atomic mass is 32.2. The minimum Gasteiger partial charge on any atom is -0.287 e. The maximum Gasteiger partial charge on any atom is 0.258 e. The molecule has 3 nitrogen and oxygen atoms in total. The molecule has 0 N–H and O–H groups in total. The number of hydrogen-bond donors (Lipinski definition) is 0. The largest absolute Gasteiger partial charge is 0.287 e. The second-order valence-corrected chi connectivity index (χ2v) is 8.48. The fraction of sp³-hybridized carbons (Fsp3) is 0.455. The molecule has 0 radical (unpaired) electrons. The Labute approximate surface area is 159 Å². The molecule has 4 rings (SSSR count). The lowest BCUT2D eigenvalue weighted by Gasteiger charge is -2.36. The molecule has 1 aromatic heterocycles. The summed E-state index contributed by atoms with van der Waals surface area (Å²) in [6.45, 7) is 6.67. The SMILES string of the molecule is C=CCSc1nc2c(c(=O)n1CCC)C1(CCCC1)Cc1ccccc1-2. The molecule has 0 saturated heterocycles. The lowest BCUT2D eigenvalue weighted by Crippen LogP contribution is -2.40. The highest BCUT2D eigenvalue weighted by Gasteiger charge is 2.44. The van der Waals surface area contributed by atoms with Crippen LogP contribution in [0, 0.1) is 0 Å². The summed E-state index contributed by atoms with van der Waals surface area (Å²) in [5, 5.41) is 0.834. The van der Waals surface area contributed by atoms with Crippen LogP contribution in [0.4, 0.5) is 0 Å². The predicted molar refractivity (Wildman–Crippen MR) is 109 cm³/mol. The van der Waals surface area contributed by atoms with E-state index in [0.29, 0.717) is 0 Å². The highest BCUT2D eigenvalue weighted by Crippen LogP contribution is 2.49. The van der Waals surface area contributed by atoms with Crippen LogP contribution in [-0.4, -0.2) is 15.3 Å². The van der Waals surface area contributed by atoms with Gasteiger partial charge in [0, 0.05) is 23.3 Å². The Morgan fingerprint density at radius 1 is 1.31 bits per heavy atom. The van der Waals surface area contributed by atoms with Crippen LogP contribution in [0.3, 0.4) is 0 Å². The van der Waals surface area contributed by atoms with Gasteiger partial charge in [0.1, 0.15) is 0 Å². The number of fused-ring (bicyclic) bond motifs is 4. The molecule has 0 unspecified atom stereocenters. The molecule has 0 atom stereocenters. The third kappa shape index (κ3) is 2.75. The zero-order valence-electron chi connectivity index (χ0n) is 15.5. The number of aromatic nitrogens is 2. The van der Waals surface area contributed by atoms with Crippen LogP contribution in [0.15, 0.2) is 46.9 Å². The van der Waals surface area contributed by atoms with Gasteiger partial charge in [0.05, 0.1) is 11.3 Å². The molecule has 136 valence electrons. The maximum atomic E-state index is 13.6. The quantitative estimate of drug-likeness (QED) is 0.426. The van der Waals surface area contributed by atoms with Crippen molar-refractivity contribution < 1.29 is 0 Å². The average molecular weight is 367 g/mol. The lowest BCUT2D eigenvalue weighted by molar-refractivity contribution is 0.414. The van der Waals surface area contributed by atoms with E-state index < -0.39 is 0 Å². The number of rotatable bonds is 5. The monoisotopic (exact) mass is 366 g/mol. The van der Waals surface area contributed by atoms with E-state index in [1.54, 1.807) is 11.8 Å². The normalized spacial score (nSPS) is 17.1. The van der Waals surface area contributed by atoms with E-state index in [1.807, 2.05) is 10.6 Å². The van der Waals surface area contributed by atoms with E-state index in [4.69, 9.17) is 4.98 Å². The summed E-state index contributed by atoms with van der Waals surface area (Å²) in [6, 6.07) is 8.52. The van der Waals surface area contributed by atoms with Crippen molar-refractivity contribution in [1.82, 2.24) is 9.55 Å². The summed E-state index contributed by atoms with van der Waals surface area (Å²) in [5.74, 6) is 0.766. The molecular formula is C22H26N2OS. The summed E-state index contributed by atoms with van der Waals surface area (Å²) in [7, 11) is 0. The Balaban J connectivity index is 2.00. The number of nitrogens with zero attached hydrogens (tertiary/aromatic N) is 2. The van der Waals surface area contributed by atoms with Gasteiger partial charge in [0.25, 0.3) is 5.56 Å². The van der Waals surface area contributed by atoms with Crippen LogP contribution >= 0.6 is 11.8 Å². The van der Waals surface area contributed by atoms with Crippen LogP contribution in [-0.2, 0) is 18.4 Å². The van der Waals surface area contributed by atoms with Crippen LogP contribution in [0.5, 0.6) is 0 Å². The molecule has 0 amide bonds. The summed E-state index contributed by atoms with van der Waals surface area (Å²) in [5.41, 5.74) is 4.62. The van der Waals surface area contributed by atoms with Crippen LogP contribution in [0.1, 0.15) is 50.2 Å². The molecule has 4 heteroatoms. The van der Waals surface area contributed by atoms with E-state index >= 15 is 0 Å². The standard InChI is InChI=1S/C22H26N2OS/c1-3-13-24-20(25)18-19(23-21(24)26-14-4-2)17-10-6-5-9-16(17)15-22(18)11-7-8-12-22/h4-6,9-10H,2-3,7-8,11-15H2,1H3. The molecule has 1 spiro atoms. The van der Waals surface area contributed by atoms with Crippen molar-refractivity contribution in [1.29, 1.82) is 0 Å². The summed E-state index contributed by atoms with van der Waals surface area (Å²) >= 11 is 1.61. The van der Waals surface area contributed by atoms with Gasteiger partial charge in [-0.15, -0.1) is 6.58 Å². The fourth-order valence-electron chi connectivity index (χ4n) is 4.71. The lowest BCUT2D eigenvalue weighted by atomic mass is 9.68. The van der Waals surface area contributed by atoms with Gasteiger partial charge in [-0.1, -0.05) is 61.9 Å². The molecule has 26 heavy (non-hydrogen) atoms. The Kier molecular flexibility index (Phi) is 4.78. The average Bonchev–Trinajstić information content (AvgIpc) is 3.11. The Bertz CT molecular complexity index is 894. The number of benzene rings is 1. The molecule has 1 saturated carbocycles. The fourth-order valence-corrected chi connectivity index (χ4v) is 5.46. The van der Waals surface area contributed by atoms with Gasteiger partial charge < -0.3 is 0 Å². The van der Waals surface area contributed by atoms with Gasteiger partial charge in [-0.3, -0.25) is 9.36 Å². The van der Waals surface area contributed by atoms with E-state index in [-0.39, 0.29) is 11.0 Å². The third-order valence-electron chi connectivity index (χ3n) is 5.80. The molecule has 2 aromatic rings. The molecule has 1 aromatic carbocycles. The van der Waals surface area contributed by atoms with Gasteiger partial charge in [0.15, 0.2) is 5.16 Å². The van der Waals surface area contributed by atoms with Crippen molar-refractivity contribution >= 4 is 11.8 Å². The molecular weight excluding hydrogens is 340 g/mol. The smallest absolute Gasteiger partial charge is 0.258 e. The van der Waals surface area contributed by atoms with E-state index in [0.717, 1.165) is 60.0 Å². The van der Waals surface area contributed by atoms with Gasteiger partial charge in [-0.2, -0.15) is 0 Å². The Hall–Kier alpha value is -1.81. The molecule has 2 aliphatic carbocycles. The van der Waals surface area contributed by atoms with E-state index in [2.05, 4.69) is 37.8 Å². The predicted octanol–water partition coefficient (Wildman–Crippen LogP) is 4.97. The molecule has 2 aliphatic rings. The van der Waals surface area contributed by atoms with Gasteiger partial charge in [-0.25, -0.2) is 4.98 Å². The topological polar surface area (TPSA) is 34.9 Å². The van der Waals surface area contributed by atoms with Crippen molar-refractivity contribution in [3.8, 4) is 11.3 Å². The number of hydrogen-bond acceptors (Lipinski definition) is 3. The summed E-state index contributed by atoms with van der Waals surface area (Å²) < 4.78 is 1.92. The third-order valence-corrected chi connectivity index (χ3v) is 6.78. The number of thioether (sulfide) groups is 1. The van der Waals surface area contributed by atoms with Crippen molar-refractivity contribution in [3.63, 3.8) is 0 Å². The Morgan fingerprint density at radius 2 is 2.08 bits per heavy atom. The van der Waals surface area contributed by atoms with Crippen molar-refractivity contribution in [3.05, 3.63) is 58.4 Å². The second kappa shape index (κ2) is 7.07.